The van der Waals surface area contributed by atoms with Crippen LogP contribution in [-0.2, 0) is 14.3 Å². The first-order chi connectivity index (χ1) is 21.4. The second-order valence-corrected chi connectivity index (χ2v) is 13.1. The summed E-state index contributed by atoms with van der Waals surface area (Å²) in [4.78, 5) is 64.3. The number of carboxylic acid groups (broad SMARTS) is 2. The van der Waals surface area contributed by atoms with Crippen LogP contribution in [0.25, 0.3) is 10.9 Å². The van der Waals surface area contributed by atoms with Gasteiger partial charge in [0.15, 0.2) is 5.43 Å². The molecule has 240 valence electrons. The number of thioether (sulfide) groups is 1. The van der Waals surface area contributed by atoms with Gasteiger partial charge in [0.1, 0.15) is 12.4 Å². The molecule has 13 nitrogen and oxygen atoms in total. The number of aliphatic hydroxyl groups is 1. The van der Waals surface area contributed by atoms with Crippen LogP contribution in [0.5, 0.6) is 0 Å². The number of hydrogen-bond donors (Lipinski definition) is 2. The van der Waals surface area contributed by atoms with Crippen molar-refractivity contribution in [1.82, 2.24) is 14.8 Å². The van der Waals surface area contributed by atoms with Crippen molar-refractivity contribution in [2.45, 2.75) is 57.3 Å². The van der Waals surface area contributed by atoms with Crippen LogP contribution in [0, 0.1) is 17.7 Å². The van der Waals surface area contributed by atoms with E-state index in [1.807, 2.05) is 0 Å². The van der Waals surface area contributed by atoms with E-state index in [0.29, 0.717) is 23.4 Å². The van der Waals surface area contributed by atoms with Gasteiger partial charge in [0.05, 0.1) is 58.5 Å². The molecule has 0 spiro atoms. The summed E-state index contributed by atoms with van der Waals surface area (Å²) in [5.41, 5.74) is -0.852. The summed E-state index contributed by atoms with van der Waals surface area (Å²) in [6.45, 7) is 3.91. The molecule has 1 aliphatic carbocycles. The maximum Gasteiger partial charge on any atom is 1.00 e. The number of aromatic carboxylic acids is 1. The number of β-lactam (4-membered cyclic amide) rings is 1. The van der Waals surface area contributed by atoms with Crippen LogP contribution in [0.2, 0.25) is 0 Å². The van der Waals surface area contributed by atoms with Gasteiger partial charge in [-0.15, -0.1) is 11.8 Å². The number of ether oxygens (including phenoxy) is 1. The van der Waals surface area contributed by atoms with Crippen LogP contribution in [0.3, 0.4) is 0 Å². The monoisotopic (exact) mass is 688 g/mol. The van der Waals surface area contributed by atoms with Crippen molar-refractivity contribution in [1.29, 1.82) is 0 Å². The number of carbonyl (C=O) groups excluding carboxylic acids is 4. The molecule has 47 heavy (non-hydrogen) atoms. The minimum Gasteiger partial charge on any atom is -0.545 e. The minimum absolute atomic E-state index is 0. The SMILES string of the molecule is CC1C(SCCOC(=O)NC2CCN(c3cc4c(cc3F)c(=O)c(C(=O)[O-])cn4C3CC3)C2)=C(C(=O)[O-])N2C(=O)[C@@H]([C@@H](C)O)[C@H]12.[Na+].[Na+]. The Labute approximate surface area is 317 Å². The number of nitrogens with zero attached hydrogens (tertiary/aromatic N) is 3. The summed E-state index contributed by atoms with van der Waals surface area (Å²) in [6, 6.07) is 1.79. The molecule has 2 unspecified atom stereocenters. The van der Waals surface area contributed by atoms with E-state index in [9.17, 15) is 39.3 Å². The van der Waals surface area contributed by atoms with Gasteiger partial charge in [-0.1, -0.05) is 6.92 Å². The maximum atomic E-state index is 15.2. The minimum atomic E-state index is -1.61. The number of carbonyl (C=O) groups is 4. The fourth-order valence-corrected chi connectivity index (χ4v) is 7.81. The standard InChI is InChI=1S/C30H33FN4O9S.2Na/c1-13-23-22(14(2)36)27(38)35(23)24(29(41)42)26(13)45-8-7-44-30(43)32-15-5-6-33(11-15)21-10-20-17(9-19(21)31)25(37)18(28(39)40)12-34(20)16-3-4-16;;/h9-10,12-16,22-23,36H,3-8,11H2,1-2H3,(H,32,43)(H,39,40)(H,41,42);;/q;2*+1/p-2/t13?,14-,15?,22+,23+;;/m1../s1. The van der Waals surface area contributed by atoms with Gasteiger partial charge in [0, 0.05) is 47.3 Å². The largest absolute Gasteiger partial charge is 1.00 e. The normalized spacial score (nSPS) is 23.9. The van der Waals surface area contributed by atoms with Gasteiger partial charge < -0.3 is 49.3 Å². The number of halogens is 1. The number of rotatable bonds is 10. The van der Waals surface area contributed by atoms with E-state index < -0.39 is 58.8 Å². The van der Waals surface area contributed by atoms with E-state index in [0.717, 1.165) is 30.7 Å². The summed E-state index contributed by atoms with van der Waals surface area (Å²) < 4.78 is 22.2. The number of aliphatic hydroxyl groups excluding tert-OH is 1. The first-order valence-electron chi connectivity index (χ1n) is 14.8. The molecule has 2 saturated heterocycles. The first-order valence-corrected chi connectivity index (χ1v) is 15.7. The van der Waals surface area contributed by atoms with Crippen molar-refractivity contribution in [2.24, 2.45) is 11.8 Å². The molecule has 4 heterocycles. The van der Waals surface area contributed by atoms with Crippen molar-refractivity contribution in [2.75, 3.05) is 30.3 Å². The number of pyridine rings is 1. The van der Waals surface area contributed by atoms with Crippen molar-refractivity contribution < 1.29 is 103 Å². The van der Waals surface area contributed by atoms with Crippen LogP contribution in [0.4, 0.5) is 14.9 Å². The third-order valence-corrected chi connectivity index (χ3v) is 10.2. The zero-order valence-electron chi connectivity index (χ0n) is 26.5. The number of anilines is 1. The summed E-state index contributed by atoms with van der Waals surface area (Å²) in [7, 11) is 0. The summed E-state index contributed by atoms with van der Waals surface area (Å²) in [6.07, 6.45) is 1.77. The van der Waals surface area contributed by atoms with Crippen LogP contribution in [-0.4, -0.2) is 82.1 Å². The molecule has 5 atom stereocenters. The molecule has 3 fully saturated rings. The van der Waals surface area contributed by atoms with E-state index in [1.54, 1.807) is 22.5 Å². The van der Waals surface area contributed by atoms with Gasteiger partial charge >= 0.3 is 65.2 Å². The Morgan fingerprint density at radius 3 is 2.47 bits per heavy atom. The quantitative estimate of drug-likeness (QED) is 0.138. The fourth-order valence-electron chi connectivity index (χ4n) is 6.70. The second kappa shape index (κ2) is 14.8. The average Bonchev–Trinajstić information content (AvgIpc) is 3.66. The van der Waals surface area contributed by atoms with Crippen molar-refractivity contribution in [3.63, 3.8) is 0 Å². The predicted molar refractivity (Wildman–Crippen MR) is 155 cm³/mol. The van der Waals surface area contributed by atoms with E-state index >= 15 is 4.39 Å². The van der Waals surface area contributed by atoms with E-state index in [1.165, 1.54) is 18.0 Å². The molecular formula is C30H31FN4Na2O9S. The molecular weight excluding hydrogens is 657 g/mol. The molecule has 1 aromatic carbocycles. The number of carboxylic acids is 2. The third-order valence-electron chi connectivity index (χ3n) is 8.99. The van der Waals surface area contributed by atoms with E-state index in [-0.39, 0.29) is 113 Å². The summed E-state index contributed by atoms with van der Waals surface area (Å²) >= 11 is 1.16. The van der Waals surface area contributed by atoms with Gasteiger partial charge in [-0.2, -0.15) is 0 Å². The molecule has 0 radical (unpaired) electrons. The Balaban J connectivity index is 0.00000250. The number of fused-ring (bicyclic) bond motifs is 2. The Morgan fingerprint density at radius 2 is 1.85 bits per heavy atom. The summed E-state index contributed by atoms with van der Waals surface area (Å²) in [5, 5.41) is 36.0. The zero-order chi connectivity index (χ0) is 32.3. The Hall–Kier alpha value is -2.11. The topological polar surface area (TPSA) is 184 Å². The number of alkyl carbamates (subject to hydrolysis) is 1. The summed E-state index contributed by atoms with van der Waals surface area (Å²) in [5.74, 6) is -5.02. The predicted octanol–water partition coefficient (Wildman–Crippen LogP) is -6.30. The number of nitrogens with one attached hydrogen (secondary N) is 1. The third kappa shape index (κ3) is 7.00. The molecule has 3 aliphatic heterocycles. The molecule has 2 amide bonds. The van der Waals surface area contributed by atoms with Crippen LogP contribution < -0.4 is 85.0 Å². The van der Waals surface area contributed by atoms with Crippen LogP contribution in [0.1, 0.15) is 49.5 Å². The van der Waals surface area contributed by atoms with Crippen molar-refractivity contribution in [3.8, 4) is 0 Å². The number of aromatic nitrogens is 1. The number of amides is 2. The van der Waals surface area contributed by atoms with Crippen LogP contribution in [0.15, 0.2) is 33.7 Å². The van der Waals surface area contributed by atoms with E-state index in [4.69, 9.17) is 4.74 Å². The second-order valence-electron chi connectivity index (χ2n) is 11.9. The maximum absolute atomic E-state index is 15.2. The van der Waals surface area contributed by atoms with Gasteiger partial charge in [0.25, 0.3) is 0 Å². The van der Waals surface area contributed by atoms with Crippen molar-refractivity contribution in [3.05, 3.63) is 50.5 Å². The molecule has 4 aliphatic rings. The fraction of sp³-hybridized carbons (Fsp3) is 0.500. The molecule has 1 saturated carbocycles. The number of benzene rings is 1. The molecule has 2 N–H and O–H groups in total. The van der Waals surface area contributed by atoms with Gasteiger partial charge in [-0.05, 0) is 38.3 Å². The molecule has 6 rings (SSSR count). The Morgan fingerprint density at radius 1 is 1.15 bits per heavy atom. The van der Waals surface area contributed by atoms with Gasteiger partial charge in [-0.25, -0.2) is 9.18 Å². The number of aliphatic carboxylic acids is 1. The Bertz CT molecular complexity index is 1720. The van der Waals surface area contributed by atoms with E-state index in [2.05, 4.69) is 5.32 Å². The van der Waals surface area contributed by atoms with Gasteiger partial charge in [-0.3, -0.25) is 9.59 Å². The molecule has 17 heteroatoms. The van der Waals surface area contributed by atoms with Crippen LogP contribution >= 0.6 is 11.8 Å². The Kier molecular flexibility index (Phi) is 11.9. The van der Waals surface area contributed by atoms with Gasteiger partial charge in [0.2, 0.25) is 5.91 Å². The molecule has 2 aromatic rings. The first kappa shape index (κ1) is 37.7. The molecule has 1 aromatic heterocycles. The molecule has 0 bridgehead atoms. The smallest absolute Gasteiger partial charge is 0.545 e. The number of hydrogen-bond acceptors (Lipinski definition) is 11. The van der Waals surface area contributed by atoms with Crippen molar-refractivity contribution >= 4 is 52.3 Å². The zero-order valence-corrected chi connectivity index (χ0v) is 31.3. The average molecular weight is 689 g/mol.